The van der Waals surface area contributed by atoms with Crippen molar-refractivity contribution in [2.24, 2.45) is 11.8 Å². The second kappa shape index (κ2) is 4.07. The zero-order valence-corrected chi connectivity index (χ0v) is 9.39. The highest BCUT2D eigenvalue weighted by molar-refractivity contribution is 5.88. The van der Waals surface area contributed by atoms with Gasteiger partial charge < -0.3 is 0 Å². The lowest BCUT2D eigenvalue weighted by molar-refractivity contribution is -0.130. The van der Waals surface area contributed by atoms with E-state index in [1.54, 1.807) is 13.8 Å². The maximum absolute atomic E-state index is 11.4. The molecule has 0 aromatic rings. The molecule has 0 saturated carbocycles. The Bertz CT molecular complexity index is 269. The lowest BCUT2D eigenvalue weighted by Crippen LogP contribution is -2.30. The number of carbonyl (C=O) groups is 2. The van der Waals surface area contributed by atoms with Crippen molar-refractivity contribution >= 4 is 11.6 Å². The van der Waals surface area contributed by atoms with Crippen LogP contribution in [0.1, 0.15) is 40.5 Å². The van der Waals surface area contributed by atoms with Crippen LogP contribution < -0.4 is 0 Å². The average Bonchev–Trinajstić information content (AvgIpc) is 2.08. The summed E-state index contributed by atoms with van der Waals surface area (Å²) in [7, 11) is 0. The van der Waals surface area contributed by atoms with Gasteiger partial charge in [-0.05, 0) is 40.5 Å². The first-order chi connectivity index (χ1) is 6.43. The third kappa shape index (κ3) is 2.11. The Morgan fingerprint density at radius 3 is 1.43 bits per heavy atom. The highest BCUT2D eigenvalue weighted by Gasteiger charge is 2.33. The summed E-state index contributed by atoms with van der Waals surface area (Å²) in [5.41, 5.74) is 2.56. The minimum Gasteiger partial charge on any atom is -0.300 e. The Kier molecular flexibility index (Phi) is 3.25. The zero-order valence-electron chi connectivity index (χ0n) is 9.39. The van der Waals surface area contributed by atoms with Crippen molar-refractivity contribution in [2.75, 3.05) is 0 Å². The van der Waals surface area contributed by atoms with Gasteiger partial charge in [-0.1, -0.05) is 11.1 Å². The smallest absolute Gasteiger partial charge is 0.133 e. The molecule has 14 heavy (non-hydrogen) atoms. The Morgan fingerprint density at radius 2 is 1.21 bits per heavy atom. The van der Waals surface area contributed by atoms with E-state index in [1.165, 1.54) is 11.1 Å². The molecule has 1 aliphatic rings. The molecular weight excluding hydrogens is 176 g/mol. The molecule has 1 rings (SSSR count). The molecule has 1 aliphatic carbocycles. The van der Waals surface area contributed by atoms with Crippen LogP contribution in [-0.2, 0) is 9.59 Å². The van der Waals surface area contributed by atoms with Crippen LogP contribution in [0.5, 0.6) is 0 Å². The van der Waals surface area contributed by atoms with Crippen molar-refractivity contribution < 1.29 is 9.59 Å². The minimum atomic E-state index is -0.0730. The number of carbonyl (C=O) groups excluding carboxylic acids is 2. The standard InChI is InChI=1S/C12H18O2/c1-7-5-11(9(3)13)12(10(4)14)6-8(7)2/h11-12H,5-6H2,1-4H3. The Labute approximate surface area is 85.4 Å². The molecule has 0 fully saturated rings. The maximum atomic E-state index is 11.4. The van der Waals surface area contributed by atoms with E-state index in [4.69, 9.17) is 0 Å². The van der Waals surface area contributed by atoms with Gasteiger partial charge in [-0.25, -0.2) is 0 Å². The first kappa shape index (κ1) is 11.2. The van der Waals surface area contributed by atoms with Gasteiger partial charge in [0, 0.05) is 11.8 Å². The summed E-state index contributed by atoms with van der Waals surface area (Å²) in [6, 6.07) is 0. The predicted octanol–water partition coefficient (Wildman–Crippen LogP) is 2.53. The lowest BCUT2D eigenvalue weighted by atomic mass is 9.73. The summed E-state index contributed by atoms with van der Waals surface area (Å²) < 4.78 is 0. The summed E-state index contributed by atoms with van der Waals surface area (Å²) in [4.78, 5) is 22.8. The van der Waals surface area contributed by atoms with E-state index in [9.17, 15) is 9.59 Å². The van der Waals surface area contributed by atoms with Crippen molar-refractivity contribution in [1.29, 1.82) is 0 Å². The van der Waals surface area contributed by atoms with Gasteiger partial charge in [0.2, 0.25) is 0 Å². The van der Waals surface area contributed by atoms with Gasteiger partial charge in [-0.2, -0.15) is 0 Å². The Hall–Kier alpha value is -0.920. The van der Waals surface area contributed by atoms with Crippen molar-refractivity contribution in [3.63, 3.8) is 0 Å². The summed E-state index contributed by atoms with van der Waals surface area (Å²) in [5, 5.41) is 0. The molecule has 0 saturated heterocycles. The van der Waals surface area contributed by atoms with Crippen LogP contribution in [0.15, 0.2) is 11.1 Å². The monoisotopic (exact) mass is 194 g/mol. The van der Waals surface area contributed by atoms with Crippen LogP contribution in [0.4, 0.5) is 0 Å². The Morgan fingerprint density at radius 1 is 0.929 bits per heavy atom. The fraction of sp³-hybridized carbons (Fsp3) is 0.667. The van der Waals surface area contributed by atoms with Gasteiger partial charge in [0.05, 0.1) is 0 Å². The van der Waals surface area contributed by atoms with Crippen LogP contribution in [0.2, 0.25) is 0 Å². The highest BCUT2D eigenvalue weighted by Crippen LogP contribution is 2.34. The van der Waals surface area contributed by atoms with E-state index in [1.807, 2.05) is 0 Å². The van der Waals surface area contributed by atoms with E-state index in [2.05, 4.69) is 13.8 Å². The minimum absolute atomic E-state index is 0.0730. The van der Waals surface area contributed by atoms with Crippen molar-refractivity contribution in [3.8, 4) is 0 Å². The van der Waals surface area contributed by atoms with Crippen molar-refractivity contribution in [1.82, 2.24) is 0 Å². The number of allylic oxidation sites excluding steroid dienone is 2. The molecule has 78 valence electrons. The summed E-state index contributed by atoms with van der Waals surface area (Å²) in [6.45, 7) is 7.30. The van der Waals surface area contributed by atoms with Gasteiger partial charge in [-0.3, -0.25) is 9.59 Å². The van der Waals surface area contributed by atoms with E-state index in [-0.39, 0.29) is 23.4 Å². The second-order valence-corrected chi connectivity index (χ2v) is 4.40. The fourth-order valence-corrected chi connectivity index (χ4v) is 2.15. The topological polar surface area (TPSA) is 34.1 Å². The molecule has 0 radical (unpaired) electrons. The van der Waals surface area contributed by atoms with E-state index < -0.39 is 0 Å². The van der Waals surface area contributed by atoms with E-state index in [0.717, 1.165) is 12.8 Å². The lowest BCUT2D eigenvalue weighted by Gasteiger charge is -2.29. The number of hydrogen-bond acceptors (Lipinski definition) is 2. The van der Waals surface area contributed by atoms with Crippen LogP contribution >= 0.6 is 0 Å². The summed E-state index contributed by atoms with van der Waals surface area (Å²) >= 11 is 0. The predicted molar refractivity (Wildman–Crippen MR) is 56.0 cm³/mol. The summed E-state index contributed by atoms with van der Waals surface area (Å²) in [5.74, 6) is 0.154. The summed E-state index contributed by atoms with van der Waals surface area (Å²) in [6.07, 6.45) is 1.54. The molecule has 0 heterocycles. The van der Waals surface area contributed by atoms with Gasteiger partial charge in [-0.15, -0.1) is 0 Å². The number of ketones is 2. The SMILES string of the molecule is CC(=O)C1CC(C)=C(C)CC1C(C)=O. The third-order valence-electron chi connectivity index (χ3n) is 3.31. The van der Waals surface area contributed by atoms with Gasteiger partial charge >= 0.3 is 0 Å². The molecule has 0 aromatic heterocycles. The van der Waals surface area contributed by atoms with Crippen LogP contribution in [-0.4, -0.2) is 11.6 Å². The molecular formula is C12H18O2. The molecule has 2 heteroatoms. The molecule has 0 amide bonds. The molecule has 0 spiro atoms. The van der Waals surface area contributed by atoms with E-state index >= 15 is 0 Å². The van der Waals surface area contributed by atoms with Crippen LogP contribution in [0, 0.1) is 11.8 Å². The van der Waals surface area contributed by atoms with Gasteiger partial charge in [0.15, 0.2) is 0 Å². The van der Waals surface area contributed by atoms with Crippen LogP contribution in [0.25, 0.3) is 0 Å². The molecule has 0 aromatic carbocycles. The zero-order chi connectivity index (χ0) is 10.9. The highest BCUT2D eigenvalue weighted by atomic mass is 16.1. The van der Waals surface area contributed by atoms with Crippen LogP contribution in [0.3, 0.4) is 0 Å². The molecule has 2 nitrogen and oxygen atoms in total. The first-order valence-electron chi connectivity index (χ1n) is 5.09. The molecule has 0 bridgehead atoms. The molecule has 0 aliphatic heterocycles. The molecule has 0 N–H and O–H groups in total. The maximum Gasteiger partial charge on any atom is 0.133 e. The molecule has 2 unspecified atom stereocenters. The number of Topliss-reactive ketones (excluding diaryl/α,β-unsaturated/α-hetero) is 2. The number of rotatable bonds is 2. The molecule has 2 atom stereocenters. The quantitative estimate of drug-likeness (QED) is 0.633. The normalized spacial score (nSPS) is 27.7. The average molecular weight is 194 g/mol. The second-order valence-electron chi connectivity index (χ2n) is 4.40. The Balaban J connectivity index is 2.95. The third-order valence-corrected chi connectivity index (χ3v) is 3.31. The first-order valence-corrected chi connectivity index (χ1v) is 5.09. The number of hydrogen-bond donors (Lipinski definition) is 0. The fourth-order valence-electron chi connectivity index (χ4n) is 2.15. The van der Waals surface area contributed by atoms with Crippen molar-refractivity contribution in [3.05, 3.63) is 11.1 Å². The van der Waals surface area contributed by atoms with Gasteiger partial charge in [0.25, 0.3) is 0 Å². The largest absolute Gasteiger partial charge is 0.300 e. The van der Waals surface area contributed by atoms with E-state index in [0.29, 0.717) is 0 Å². The van der Waals surface area contributed by atoms with Gasteiger partial charge in [0.1, 0.15) is 11.6 Å². The van der Waals surface area contributed by atoms with Crippen molar-refractivity contribution in [2.45, 2.75) is 40.5 Å².